The highest BCUT2D eigenvalue weighted by Gasteiger charge is 2.30. The van der Waals surface area contributed by atoms with E-state index in [1.165, 1.54) is 18.4 Å². The van der Waals surface area contributed by atoms with Crippen LogP contribution >= 0.6 is 0 Å². The molecule has 8 heteroatoms. The number of anilines is 1. The molecular formula is C15H15F3N2O3. The first-order chi connectivity index (χ1) is 10.8. The average molecular weight is 328 g/mol. The molecule has 1 aromatic heterocycles. The molecule has 2 rings (SSSR count). The molecule has 0 unspecified atom stereocenters. The second-order valence-corrected chi connectivity index (χ2v) is 4.74. The SMILES string of the molecule is C[C@@H](NCC(=O)Nc1ccc(OC(F)(F)F)cc1)c1ccco1. The van der Waals surface area contributed by atoms with Crippen molar-refractivity contribution in [3.05, 3.63) is 48.4 Å². The second kappa shape index (κ2) is 7.19. The predicted octanol–water partition coefficient (Wildman–Crippen LogP) is 3.47. The number of ether oxygens (including phenoxy) is 1. The highest BCUT2D eigenvalue weighted by atomic mass is 19.4. The number of amides is 1. The summed E-state index contributed by atoms with van der Waals surface area (Å²) in [4.78, 5) is 11.8. The third-order valence-corrected chi connectivity index (χ3v) is 2.91. The van der Waals surface area contributed by atoms with E-state index in [1.807, 2.05) is 6.92 Å². The Morgan fingerprint density at radius 1 is 1.26 bits per heavy atom. The van der Waals surface area contributed by atoms with Gasteiger partial charge in [0.25, 0.3) is 0 Å². The van der Waals surface area contributed by atoms with E-state index in [9.17, 15) is 18.0 Å². The Kier molecular flexibility index (Phi) is 5.28. The van der Waals surface area contributed by atoms with Crippen molar-refractivity contribution in [1.29, 1.82) is 0 Å². The maximum atomic E-state index is 12.0. The zero-order valence-electron chi connectivity index (χ0n) is 12.2. The highest BCUT2D eigenvalue weighted by molar-refractivity contribution is 5.92. The highest BCUT2D eigenvalue weighted by Crippen LogP contribution is 2.23. The molecule has 23 heavy (non-hydrogen) atoms. The second-order valence-electron chi connectivity index (χ2n) is 4.74. The van der Waals surface area contributed by atoms with Crippen molar-refractivity contribution in [2.24, 2.45) is 0 Å². The topological polar surface area (TPSA) is 63.5 Å². The number of hydrogen-bond donors (Lipinski definition) is 2. The van der Waals surface area contributed by atoms with Crippen LogP contribution in [0.1, 0.15) is 18.7 Å². The van der Waals surface area contributed by atoms with Crippen LogP contribution in [-0.2, 0) is 4.79 Å². The van der Waals surface area contributed by atoms with E-state index in [-0.39, 0.29) is 24.2 Å². The van der Waals surface area contributed by atoms with Crippen LogP contribution in [0.2, 0.25) is 0 Å². The minimum absolute atomic E-state index is 0.0304. The number of carbonyl (C=O) groups excluding carboxylic acids is 1. The van der Waals surface area contributed by atoms with Gasteiger partial charge in [-0.2, -0.15) is 0 Å². The zero-order valence-corrected chi connectivity index (χ0v) is 12.2. The molecule has 0 bridgehead atoms. The Morgan fingerprint density at radius 2 is 1.96 bits per heavy atom. The fourth-order valence-electron chi connectivity index (χ4n) is 1.83. The number of alkyl halides is 3. The fourth-order valence-corrected chi connectivity index (χ4v) is 1.83. The van der Waals surface area contributed by atoms with Crippen LogP contribution in [0.25, 0.3) is 0 Å². The number of hydrogen-bond acceptors (Lipinski definition) is 4. The molecule has 1 atom stereocenters. The Morgan fingerprint density at radius 3 is 2.52 bits per heavy atom. The largest absolute Gasteiger partial charge is 0.573 e. The predicted molar refractivity (Wildman–Crippen MR) is 76.9 cm³/mol. The van der Waals surface area contributed by atoms with Gasteiger partial charge in [0.2, 0.25) is 5.91 Å². The number of carbonyl (C=O) groups is 1. The summed E-state index contributed by atoms with van der Waals surface area (Å²) in [7, 11) is 0. The molecule has 2 aromatic rings. The lowest BCUT2D eigenvalue weighted by molar-refractivity contribution is -0.274. The van der Waals surface area contributed by atoms with Crippen molar-refractivity contribution < 1.29 is 27.1 Å². The van der Waals surface area contributed by atoms with Gasteiger partial charge in [-0.15, -0.1) is 13.2 Å². The molecule has 1 amide bonds. The summed E-state index contributed by atoms with van der Waals surface area (Å²) >= 11 is 0. The third kappa shape index (κ3) is 5.67. The number of nitrogens with one attached hydrogen (secondary N) is 2. The van der Waals surface area contributed by atoms with Gasteiger partial charge < -0.3 is 14.5 Å². The summed E-state index contributed by atoms with van der Waals surface area (Å²) in [5.41, 5.74) is 0.372. The third-order valence-electron chi connectivity index (χ3n) is 2.91. The van der Waals surface area contributed by atoms with Gasteiger partial charge in [0.05, 0.1) is 18.8 Å². The van der Waals surface area contributed by atoms with E-state index in [1.54, 1.807) is 12.1 Å². The molecule has 0 aliphatic carbocycles. The van der Waals surface area contributed by atoms with Crippen LogP contribution in [0, 0.1) is 0 Å². The van der Waals surface area contributed by atoms with E-state index in [0.29, 0.717) is 11.4 Å². The van der Waals surface area contributed by atoms with Crippen LogP contribution in [0.5, 0.6) is 5.75 Å². The van der Waals surface area contributed by atoms with Gasteiger partial charge in [0, 0.05) is 5.69 Å². The maximum absolute atomic E-state index is 12.0. The molecule has 0 radical (unpaired) electrons. The van der Waals surface area contributed by atoms with Crippen molar-refractivity contribution in [1.82, 2.24) is 5.32 Å². The van der Waals surface area contributed by atoms with Gasteiger partial charge in [-0.3, -0.25) is 10.1 Å². The molecule has 0 aliphatic heterocycles. The van der Waals surface area contributed by atoms with E-state index in [0.717, 1.165) is 12.1 Å². The normalized spacial score (nSPS) is 12.7. The van der Waals surface area contributed by atoms with Gasteiger partial charge in [0.15, 0.2) is 0 Å². The molecule has 5 nitrogen and oxygen atoms in total. The molecule has 1 heterocycles. The van der Waals surface area contributed by atoms with E-state index in [2.05, 4.69) is 15.4 Å². The van der Waals surface area contributed by atoms with Crippen LogP contribution < -0.4 is 15.4 Å². The first kappa shape index (κ1) is 16.9. The van der Waals surface area contributed by atoms with Crippen molar-refractivity contribution in [3.63, 3.8) is 0 Å². The molecule has 0 saturated heterocycles. The Bertz CT molecular complexity index is 624. The summed E-state index contributed by atoms with van der Waals surface area (Å²) in [6.07, 6.45) is -3.20. The average Bonchev–Trinajstić information content (AvgIpc) is 2.99. The molecule has 0 spiro atoms. The molecule has 2 N–H and O–H groups in total. The lowest BCUT2D eigenvalue weighted by atomic mass is 10.2. The van der Waals surface area contributed by atoms with Crippen LogP contribution in [-0.4, -0.2) is 18.8 Å². The number of benzene rings is 1. The summed E-state index contributed by atoms with van der Waals surface area (Å²) in [5.74, 6) is 0.0272. The van der Waals surface area contributed by atoms with Crippen molar-refractivity contribution in [2.75, 3.05) is 11.9 Å². The lowest BCUT2D eigenvalue weighted by Crippen LogP contribution is -2.29. The molecule has 0 aliphatic rings. The molecule has 1 aromatic carbocycles. The van der Waals surface area contributed by atoms with E-state index >= 15 is 0 Å². The Labute approximate surface area is 130 Å². The zero-order chi connectivity index (χ0) is 16.9. The van der Waals surface area contributed by atoms with Gasteiger partial charge in [-0.05, 0) is 43.3 Å². The first-order valence-corrected chi connectivity index (χ1v) is 6.76. The minimum atomic E-state index is -4.74. The van der Waals surface area contributed by atoms with E-state index < -0.39 is 6.36 Å². The first-order valence-electron chi connectivity index (χ1n) is 6.76. The summed E-state index contributed by atoms with van der Waals surface area (Å²) in [6, 6.07) is 8.30. The maximum Gasteiger partial charge on any atom is 0.573 e. The molecule has 0 fully saturated rings. The number of halogens is 3. The smallest absolute Gasteiger partial charge is 0.468 e. The summed E-state index contributed by atoms with van der Waals surface area (Å²) < 4.78 is 45.1. The van der Waals surface area contributed by atoms with E-state index in [4.69, 9.17) is 4.42 Å². The minimum Gasteiger partial charge on any atom is -0.468 e. The van der Waals surface area contributed by atoms with Gasteiger partial charge in [-0.25, -0.2) is 0 Å². The van der Waals surface area contributed by atoms with Gasteiger partial charge in [0.1, 0.15) is 11.5 Å². The van der Waals surface area contributed by atoms with Crippen molar-refractivity contribution in [3.8, 4) is 5.75 Å². The lowest BCUT2D eigenvalue weighted by Gasteiger charge is -2.12. The quantitative estimate of drug-likeness (QED) is 0.852. The molecular weight excluding hydrogens is 313 g/mol. The number of rotatable bonds is 6. The van der Waals surface area contributed by atoms with Gasteiger partial charge >= 0.3 is 6.36 Å². The standard InChI is InChI=1S/C15H15F3N2O3/c1-10(13-3-2-8-22-13)19-9-14(21)20-11-4-6-12(7-5-11)23-15(16,17)18/h2-8,10,19H,9H2,1H3,(H,20,21)/t10-/m1/s1. The summed E-state index contributed by atoms with van der Waals surface area (Å²) in [5, 5.41) is 5.53. The van der Waals surface area contributed by atoms with Crippen LogP contribution in [0.4, 0.5) is 18.9 Å². The summed E-state index contributed by atoms with van der Waals surface area (Å²) in [6.45, 7) is 1.87. The monoisotopic (exact) mass is 328 g/mol. The Hall–Kier alpha value is -2.48. The molecule has 124 valence electrons. The van der Waals surface area contributed by atoms with Crippen LogP contribution in [0.15, 0.2) is 47.1 Å². The number of furan rings is 1. The molecule has 0 saturated carbocycles. The van der Waals surface area contributed by atoms with Crippen LogP contribution in [0.3, 0.4) is 0 Å². The van der Waals surface area contributed by atoms with Crippen molar-refractivity contribution >= 4 is 11.6 Å². The van der Waals surface area contributed by atoms with Gasteiger partial charge in [-0.1, -0.05) is 0 Å². The fraction of sp³-hybridized carbons (Fsp3) is 0.267. The van der Waals surface area contributed by atoms with Crippen molar-refractivity contribution in [2.45, 2.75) is 19.3 Å². The Balaban J connectivity index is 1.81.